The highest BCUT2D eigenvalue weighted by Crippen LogP contribution is 2.29. The lowest BCUT2D eigenvalue weighted by atomic mass is 9.99. The fourth-order valence-electron chi connectivity index (χ4n) is 2.79. The molecule has 0 bridgehead atoms. The van der Waals surface area contributed by atoms with Gasteiger partial charge in [-0.3, -0.25) is 4.79 Å². The molecule has 0 aliphatic carbocycles. The fraction of sp³-hybridized carbons (Fsp3) is 0.222. The van der Waals surface area contributed by atoms with Crippen molar-refractivity contribution in [2.75, 3.05) is 11.4 Å². The Labute approximate surface area is 124 Å². The molecule has 21 heavy (non-hydrogen) atoms. The van der Waals surface area contributed by atoms with Crippen LogP contribution in [0.1, 0.15) is 11.1 Å². The Hall–Kier alpha value is -2.60. The summed E-state index contributed by atoms with van der Waals surface area (Å²) in [6.07, 6.45) is 1.33. The number of amides is 1. The van der Waals surface area contributed by atoms with Gasteiger partial charge < -0.3 is 4.90 Å². The maximum atomic E-state index is 12.6. The largest absolute Gasteiger partial charge is 0.311 e. The van der Waals surface area contributed by atoms with Crippen LogP contribution in [-0.2, 0) is 17.6 Å². The van der Waals surface area contributed by atoms with Gasteiger partial charge in [-0.1, -0.05) is 48.5 Å². The minimum absolute atomic E-state index is 0.0914. The second-order valence-corrected chi connectivity index (χ2v) is 5.24. The van der Waals surface area contributed by atoms with E-state index in [-0.39, 0.29) is 5.91 Å². The number of carbonyl (C=O) groups excluding carboxylic acids is 1. The highest BCUT2D eigenvalue weighted by molar-refractivity contribution is 5.98. The number of anilines is 1. The Bertz CT molecular complexity index is 688. The topological polar surface area (TPSA) is 44.1 Å². The van der Waals surface area contributed by atoms with Gasteiger partial charge in [0, 0.05) is 12.2 Å². The van der Waals surface area contributed by atoms with E-state index in [0.29, 0.717) is 13.0 Å². The minimum atomic E-state index is -0.626. The van der Waals surface area contributed by atoms with E-state index in [1.54, 1.807) is 4.90 Å². The minimum Gasteiger partial charge on any atom is -0.311 e. The van der Waals surface area contributed by atoms with Crippen LogP contribution in [0.4, 0.5) is 5.69 Å². The van der Waals surface area contributed by atoms with Crippen LogP contribution in [0.2, 0.25) is 0 Å². The number of para-hydroxylation sites is 1. The smallest absolute Gasteiger partial charge is 0.244 e. The van der Waals surface area contributed by atoms with Crippen molar-refractivity contribution in [3.8, 4) is 6.07 Å². The lowest BCUT2D eigenvalue weighted by Gasteiger charge is -2.20. The molecule has 1 aliphatic rings. The molecule has 1 atom stereocenters. The molecular formula is C18H16N2O. The number of fused-ring (bicyclic) bond motifs is 1. The van der Waals surface area contributed by atoms with Gasteiger partial charge in [-0.2, -0.15) is 5.26 Å². The van der Waals surface area contributed by atoms with Crippen LogP contribution in [0, 0.1) is 17.2 Å². The summed E-state index contributed by atoms with van der Waals surface area (Å²) in [5, 5.41) is 9.37. The van der Waals surface area contributed by atoms with Crippen LogP contribution < -0.4 is 4.90 Å². The lowest BCUT2D eigenvalue weighted by molar-refractivity contribution is -0.120. The molecule has 3 heteroatoms. The Balaban J connectivity index is 1.80. The molecule has 0 radical (unpaired) electrons. The zero-order valence-electron chi connectivity index (χ0n) is 11.7. The van der Waals surface area contributed by atoms with Crippen molar-refractivity contribution in [3.63, 3.8) is 0 Å². The van der Waals surface area contributed by atoms with Crippen LogP contribution in [-0.4, -0.2) is 12.5 Å². The number of nitrogens with zero attached hydrogens (tertiary/aromatic N) is 2. The maximum absolute atomic E-state index is 12.6. The van der Waals surface area contributed by atoms with Crippen molar-refractivity contribution in [1.82, 2.24) is 0 Å². The van der Waals surface area contributed by atoms with Crippen molar-refractivity contribution in [1.29, 1.82) is 5.26 Å². The molecule has 0 saturated carbocycles. The van der Waals surface area contributed by atoms with Gasteiger partial charge in [0.1, 0.15) is 5.92 Å². The molecule has 0 aromatic heterocycles. The molecule has 0 spiro atoms. The second kappa shape index (κ2) is 5.80. The molecule has 104 valence electrons. The summed E-state index contributed by atoms with van der Waals surface area (Å²) in [6.45, 7) is 0.672. The summed E-state index contributed by atoms with van der Waals surface area (Å²) < 4.78 is 0. The molecule has 1 aliphatic heterocycles. The number of hydrogen-bond acceptors (Lipinski definition) is 2. The molecule has 2 aromatic rings. The summed E-state index contributed by atoms with van der Waals surface area (Å²) in [5.74, 6) is -0.718. The number of hydrogen-bond donors (Lipinski definition) is 0. The average Bonchev–Trinajstić information content (AvgIpc) is 2.97. The van der Waals surface area contributed by atoms with Gasteiger partial charge in [0.05, 0.1) is 6.07 Å². The van der Waals surface area contributed by atoms with Crippen molar-refractivity contribution < 1.29 is 4.79 Å². The molecule has 0 N–H and O–H groups in total. The first-order valence-electron chi connectivity index (χ1n) is 7.12. The molecule has 1 unspecified atom stereocenters. The summed E-state index contributed by atoms with van der Waals surface area (Å²) in [6, 6.07) is 19.8. The van der Waals surface area contributed by atoms with Gasteiger partial charge in [-0.15, -0.1) is 0 Å². The van der Waals surface area contributed by atoms with Crippen LogP contribution in [0.15, 0.2) is 54.6 Å². The first-order chi connectivity index (χ1) is 10.3. The Morgan fingerprint density at radius 1 is 1.14 bits per heavy atom. The molecule has 3 nitrogen and oxygen atoms in total. The quantitative estimate of drug-likeness (QED) is 0.865. The number of benzene rings is 2. The van der Waals surface area contributed by atoms with E-state index in [2.05, 4.69) is 6.07 Å². The van der Waals surface area contributed by atoms with Gasteiger partial charge >= 0.3 is 0 Å². The summed E-state index contributed by atoms with van der Waals surface area (Å²) in [7, 11) is 0. The lowest BCUT2D eigenvalue weighted by Crippen LogP contribution is -2.35. The molecule has 3 rings (SSSR count). The average molecular weight is 276 g/mol. The van der Waals surface area contributed by atoms with Crippen molar-refractivity contribution in [3.05, 3.63) is 65.7 Å². The van der Waals surface area contributed by atoms with Crippen LogP contribution in [0.3, 0.4) is 0 Å². The zero-order chi connectivity index (χ0) is 14.7. The molecular weight excluding hydrogens is 260 g/mol. The molecule has 2 aromatic carbocycles. The summed E-state index contributed by atoms with van der Waals surface area (Å²) in [5.41, 5.74) is 3.16. The highest BCUT2D eigenvalue weighted by atomic mass is 16.2. The van der Waals surface area contributed by atoms with Gasteiger partial charge in [-0.25, -0.2) is 0 Å². The second-order valence-electron chi connectivity index (χ2n) is 5.24. The van der Waals surface area contributed by atoms with Crippen molar-refractivity contribution in [2.24, 2.45) is 5.92 Å². The van der Waals surface area contributed by atoms with E-state index >= 15 is 0 Å². The predicted molar refractivity (Wildman–Crippen MR) is 81.7 cm³/mol. The van der Waals surface area contributed by atoms with Crippen LogP contribution >= 0.6 is 0 Å². The Kier molecular flexibility index (Phi) is 3.70. The van der Waals surface area contributed by atoms with Gasteiger partial charge in [0.2, 0.25) is 5.91 Å². The monoisotopic (exact) mass is 276 g/mol. The van der Waals surface area contributed by atoms with Crippen LogP contribution in [0.5, 0.6) is 0 Å². The summed E-state index contributed by atoms with van der Waals surface area (Å²) in [4.78, 5) is 14.4. The van der Waals surface area contributed by atoms with E-state index in [1.807, 2.05) is 54.6 Å². The normalized spacial score (nSPS) is 14.3. The molecule has 1 heterocycles. The van der Waals surface area contributed by atoms with E-state index in [1.165, 1.54) is 5.56 Å². The highest BCUT2D eigenvalue weighted by Gasteiger charge is 2.29. The third-order valence-electron chi connectivity index (χ3n) is 3.89. The van der Waals surface area contributed by atoms with Gasteiger partial charge in [0.25, 0.3) is 0 Å². The predicted octanol–water partition coefficient (Wildman–Crippen LogP) is 2.96. The van der Waals surface area contributed by atoms with E-state index < -0.39 is 5.92 Å². The SMILES string of the molecule is N#CC(Cc1ccccc1)C(=O)N1CCc2ccccc21. The maximum Gasteiger partial charge on any atom is 0.244 e. The molecule has 1 amide bonds. The van der Waals surface area contributed by atoms with Gasteiger partial charge in [-0.05, 0) is 30.0 Å². The van der Waals surface area contributed by atoms with Crippen molar-refractivity contribution >= 4 is 11.6 Å². The first-order valence-corrected chi connectivity index (χ1v) is 7.12. The molecule has 0 saturated heterocycles. The van der Waals surface area contributed by atoms with Crippen LogP contribution in [0.25, 0.3) is 0 Å². The summed E-state index contributed by atoms with van der Waals surface area (Å²) >= 11 is 0. The zero-order valence-corrected chi connectivity index (χ0v) is 11.7. The number of rotatable bonds is 3. The fourth-order valence-corrected chi connectivity index (χ4v) is 2.79. The number of carbonyl (C=O) groups is 1. The van der Waals surface area contributed by atoms with E-state index in [9.17, 15) is 10.1 Å². The first kappa shape index (κ1) is 13.4. The van der Waals surface area contributed by atoms with E-state index in [4.69, 9.17) is 0 Å². The number of nitriles is 1. The van der Waals surface area contributed by atoms with E-state index in [0.717, 1.165) is 17.7 Å². The molecule has 0 fully saturated rings. The van der Waals surface area contributed by atoms with Gasteiger partial charge in [0.15, 0.2) is 0 Å². The van der Waals surface area contributed by atoms with Crippen molar-refractivity contribution in [2.45, 2.75) is 12.8 Å². The Morgan fingerprint density at radius 2 is 1.86 bits per heavy atom. The standard InChI is InChI=1S/C18H16N2O/c19-13-16(12-14-6-2-1-3-7-14)18(21)20-11-10-15-8-4-5-9-17(15)20/h1-9,16H,10-12H2. The third kappa shape index (κ3) is 2.66. The Morgan fingerprint density at radius 3 is 2.62 bits per heavy atom. The third-order valence-corrected chi connectivity index (χ3v) is 3.89.